The lowest BCUT2D eigenvalue weighted by atomic mass is 9.92. The molecule has 0 atom stereocenters. The molecule has 8 aromatic carbocycles. The molecule has 0 saturated carbocycles. The maximum absolute atomic E-state index is 5.21. The zero-order chi connectivity index (χ0) is 33.5. The van der Waals surface area contributed by atoms with Crippen LogP contribution in [0.1, 0.15) is 0 Å². The second-order valence-electron chi connectivity index (χ2n) is 13.1. The average Bonchev–Trinajstić information content (AvgIpc) is 3.75. The van der Waals surface area contributed by atoms with Crippen molar-refractivity contribution in [3.8, 4) is 67.5 Å². The summed E-state index contributed by atoms with van der Waals surface area (Å²) in [6.07, 6.45) is 0. The van der Waals surface area contributed by atoms with Crippen LogP contribution in [0.4, 0.5) is 0 Å². The van der Waals surface area contributed by atoms with Gasteiger partial charge in [0.1, 0.15) is 0 Å². The van der Waals surface area contributed by atoms with Gasteiger partial charge in [-0.25, -0.2) is 15.0 Å². The molecule has 236 valence electrons. The maximum atomic E-state index is 5.21. The number of rotatable bonds is 4. The van der Waals surface area contributed by atoms with Crippen LogP contribution in [0.25, 0.3) is 109 Å². The van der Waals surface area contributed by atoms with Gasteiger partial charge >= 0.3 is 0 Å². The Hall–Kier alpha value is -6.49. The second kappa shape index (κ2) is 11.0. The van der Waals surface area contributed by atoms with Crippen LogP contribution in [0.2, 0.25) is 0 Å². The number of fused-ring (bicyclic) bond motifs is 8. The van der Waals surface area contributed by atoms with E-state index < -0.39 is 0 Å². The summed E-state index contributed by atoms with van der Waals surface area (Å²) >= 11 is 1.87. The van der Waals surface area contributed by atoms with Crippen molar-refractivity contribution in [3.63, 3.8) is 0 Å². The summed E-state index contributed by atoms with van der Waals surface area (Å²) in [5.41, 5.74) is 10.5. The molecule has 11 rings (SSSR count). The standard InChI is InChI=1S/C47H27N3S/c1-2-13-29(14-3-1)45-48-46(31-25-24-28-12-4-5-15-30(28)26-31)50-47(49-45)37-19-9-8-18-34(37)36-21-11-23-40-43(36)44-38-22-10-20-35-32-16-6-7-17-33(32)39(42(35)38)27-41(44)51-40/h1-27H. The van der Waals surface area contributed by atoms with Gasteiger partial charge in [-0.05, 0) is 73.1 Å². The zero-order valence-electron chi connectivity index (χ0n) is 27.3. The molecule has 0 saturated heterocycles. The molecule has 0 radical (unpaired) electrons. The van der Waals surface area contributed by atoms with Crippen LogP contribution in [-0.4, -0.2) is 15.0 Å². The highest BCUT2D eigenvalue weighted by molar-refractivity contribution is 7.26. The van der Waals surface area contributed by atoms with E-state index in [1.807, 2.05) is 29.5 Å². The van der Waals surface area contributed by atoms with E-state index in [1.165, 1.54) is 64.1 Å². The number of hydrogen-bond donors (Lipinski definition) is 0. The molecule has 1 aliphatic carbocycles. The monoisotopic (exact) mass is 665 g/mol. The lowest BCUT2D eigenvalue weighted by molar-refractivity contribution is 1.07. The molecule has 0 fully saturated rings. The molecule has 10 aromatic rings. The van der Waals surface area contributed by atoms with Crippen molar-refractivity contribution >= 4 is 53.1 Å². The summed E-state index contributed by atoms with van der Waals surface area (Å²) in [5, 5.41) is 7.57. The van der Waals surface area contributed by atoms with Gasteiger partial charge in [0.2, 0.25) is 0 Å². The molecule has 51 heavy (non-hydrogen) atoms. The van der Waals surface area contributed by atoms with Gasteiger partial charge in [-0.1, -0.05) is 146 Å². The fourth-order valence-corrected chi connectivity index (χ4v) is 9.18. The van der Waals surface area contributed by atoms with Crippen molar-refractivity contribution < 1.29 is 0 Å². The molecule has 0 amide bonds. The van der Waals surface area contributed by atoms with E-state index in [0.29, 0.717) is 17.5 Å². The molecule has 0 spiro atoms. The lowest BCUT2D eigenvalue weighted by Gasteiger charge is -2.14. The van der Waals surface area contributed by atoms with Crippen molar-refractivity contribution in [2.24, 2.45) is 0 Å². The quantitative estimate of drug-likeness (QED) is 0.188. The number of benzene rings is 8. The number of nitrogens with zero attached hydrogens (tertiary/aromatic N) is 3. The highest BCUT2D eigenvalue weighted by atomic mass is 32.1. The van der Waals surface area contributed by atoms with E-state index in [0.717, 1.165) is 27.6 Å². The predicted octanol–water partition coefficient (Wildman–Crippen LogP) is 12.9. The van der Waals surface area contributed by atoms with E-state index >= 15 is 0 Å². The van der Waals surface area contributed by atoms with E-state index in [1.54, 1.807) is 0 Å². The minimum Gasteiger partial charge on any atom is -0.208 e. The van der Waals surface area contributed by atoms with Gasteiger partial charge in [-0.15, -0.1) is 11.3 Å². The van der Waals surface area contributed by atoms with Crippen molar-refractivity contribution in [2.45, 2.75) is 0 Å². The number of hydrogen-bond acceptors (Lipinski definition) is 4. The molecule has 3 nitrogen and oxygen atoms in total. The molecular weight excluding hydrogens is 639 g/mol. The first-order valence-electron chi connectivity index (χ1n) is 17.2. The molecule has 2 heterocycles. The Balaban J connectivity index is 1.16. The molecule has 1 aliphatic rings. The summed E-state index contributed by atoms with van der Waals surface area (Å²) in [7, 11) is 0. The molecular formula is C47H27N3S. The van der Waals surface area contributed by atoms with Crippen molar-refractivity contribution in [1.82, 2.24) is 15.0 Å². The summed E-state index contributed by atoms with van der Waals surface area (Å²) in [5.74, 6) is 1.96. The van der Waals surface area contributed by atoms with Crippen molar-refractivity contribution in [1.29, 1.82) is 0 Å². The lowest BCUT2D eigenvalue weighted by Crippen LogP contribution is -2.01. The number of thiophene rings is 1. The molecule has 0 N–H and O–H groups in total. The molecule has 0 aliphatic heterocycles. The fourth-order valence-electron chi connectivity index (χ4n) is 7.99. The SMILES string of the molecule is c1ccc(-c2nc(-c3ccc4ccccc4c3)nc(-c3ccccc3-c3cccc4sc5cc6c7c(cccc7c5c34)-c3ccccc3-6)n2)cc1. The third-order valence-electron chi connectivity index (χ3n) is 10.3. The average molecular weight is 666 g/mol. The first-order chi connectivity index (χ1) is 25.3. The van der Waals surface area contributed by atoms with Gasteiger partial charge in [0.25, 0.3) is 0 Å². The summed E-state index contributed by atoms with van der Waals surface area (Å²) in [4.78, 5) is 15.4. The van der Waals surface area contributed by atoms with Crippen LogP contribution < -0.4 is 0 Å². The molecule has 0 bridgehead atoms. The number of aromatic nitrogens is 3. The Bertz CT molecular complexity index is 3030. The topological polar surface area (TPSA) is 38.7 Å². The predicted molar refractivity (Wildman–Crippen MR) is 214 cm³/mol. The molecule has 2 aromatic heterocycles. The van der Waals surface area contributed by atoms with Crippen LogP contribution in [-0.2, 0) is 0 Å². The first kappa shape index (κ1) is 28.4. The highest BCUT2D eigenvalue weighted by Gasteiger charge is 2.25. The third-order valence-corrected chi connectivity index (χ3v) is 11.4. The van der Waals surface area contributed by atoms with E-state index in [4.69, 9.17) is 15.0 Å². The van der Waals surface area contributed by atoms with E-state index in [2.05, 4.69) is 146 Å². The Morgan fingerprint density at radius 3 is 1.71 bits per heavy atom. The maximum Gasteiger partial charge on any atom is 0.164 e. The summed E-state index contributed by atoms with van der Waals surface area (Å²) in [6.45, 7) is 0. The minimum atomic E-state index is 0.654. The third kappa shape index (κ3) is 4.33. The van der Waals surface area contributed by atoms with Crippen LogP contribution in [0.5, 0.6) is 0 Å². The van der Waals surface area contributed by atoms with E-state index in [-0.39, 0.29) is 0 Å². The van der Waals surface area contributed by atoms with Gasteiger partial charge < -0.3 is 0 Å². The van der Waals surface area contributed by atoms with Crippen molar-refractivity contribution in [2.75, 3.05) is 0 Å². The first-order valence-corrected chi connectivity index (χ1v) is 18.0. The Morgan fingerprint density at radius 2 is 0.902 bits per heavy atom. The van der Waals surface area contributed by atoms with Crippen LogP contribution in [0, 0.1) is 0 Å². The molecule has 0 unspecified atom stereocenters. The summed E-state index contributed by atoms with van der Waals surface area (Å²) < 4.78 is 2.57. The smallest absolute Gasteiger partial charge is 0.164 e. The minimum absolute atomic E-state index is 0.654. The van der Waals surface area contributed by atoms with Crippen LogP contribution >= 0.6 is 11.3 Å². The van der Waals surface area contributed by atoms with E-state index in [9.17, 15) is 0 Å². The Morgan fingerprint density at radius 1 is 0.314 bits per heavy atom. The largest absolute Gasteiger partial charge is 0.208 e. The zero-order valence-corrected chi connectivity index (χ0v) is 28.2. The van der Waals surface area contributed by atoms with Gasteiger partial charge in [0, 0.05) is 36.9 Å². The Kier molecular flexibility index (Phi) is 6.12. The highest BCUT2D eigenvalue weighted by Crippen LogP contribution is 2.53. The van der Waals surface area contributed by atoms with Gasteiger partial charge in [-0.3, -0.25) is 0 Å². The Labute approximate surface area is 298 Å². The molecule has 4 heteroatoms. The van der Waals surface area contributed by atoms with Crippen LogP contribution in [0.3, 0.4) is 0 Å². The summed E-state index contributed by atoms with van der Waals surface area (Å²) in [6, 6.07) is 58.3. The van der Waals surface area contributed by atoms with Gasteiger partial charge in [-0.2, -0.15) is 0 Å². The van der Waals surface area contributed by atoms with Gasteiger partial charge in [0.05, 0.1) is 0 Å². The fraction of sp³-hybridized carbons (Fsp3) is 0. The van der Waals surface area contributed by atoms with Crippen molar-refractivity contribution in [3.05, 3.63) is 164 Å². The second-order valence-corrected chi connectivity index (χ2v) is 14.2. The van der Waals surface area contributed by atoms with Crippen LogP contribution in [0.15, 0.2) is 164 Å². The normalized spacial score (nSPS) is 11.9. The van der Waals surface area contributed by atoms with Gasteiger partial charge in [0.15, 0.2) is 17.5 Å².